The molecular formula is C22H22FNO3. The average Bonchev–Trinajstić information content (AvgIpc) is 2.85. The molecular weight excluding hydrogens is 345 g/mol. The third kappa shape index (κ3) is 3.37. The largest absolute Gasteiger partial charge is 0.507 e. The van der Waals surface area contributed by atoms with Crippen molar-refractivity contribution in [2.75, 3.05) is 7.05 Å². The predicted molar refractivity (Wildman–Crippen MR) is 102 cm³/mol. The van der Waals surface area contributed by atoms with Crippen molar-refractivity contribution >= 4 is 17.4 Å². The van der Waals surface area contributed by atoms with Crippen LogP contribution in [-0.4, -0.2) is 28.7 Å². The van der Waals surface area contributed by atoms with Gasteiger partial charge in [0.1, 0.15) is 11.6 Å². The molecule has 0 saturated carbocycles. The smallest absolute Gasteiger partial charge is 0.295 e. The van der Waals surface area contributed by atoms with Gasteiger partial charge in [-0.15, -0.1) is 0 Å². The number of aliphatic hydroxyl groups excluding tert-OH is 1. The van der Waals surface area contributed by atoms with E-state index in [9.17, 15) is 19.1 Å². The van der Waals surface area contributed by atoms with E-state index in [2.05, 4.69) is 20.8 Å². The molecule has 1 atom stereocenters. The van der Waals surface area contributed by atoms with Gasteiger partial charge in [-0.1, -0.05) is 45.0 Å². The van der Waals surface area contributed by atoms with Crippen LogP contribution in [0.5, 0.6) is 0 Å². The third-order valence-electron chi connectivity index (χ3n) is 4.89. The fraction of sp³-hybridized carbons (Fsp3) is 0.273. The lowest BCUT2D eigenvalue weighted by atomic mass is 9.85. The average molecular weight is 367 g/mol. The monoisotopic (exact) mass is 367 g/mol. The van der Waals surface area contributed by atoms with E-state index in [0.717, 1.165) is 11.1 Å². The molecule has 0 bridgehead atoms. The second-order valence-corrected chi connectivity index (χ2v) is 7.79. The maximum Gasteiger partial charge on any atom is 0.295 e. The highest BCUT2D eigenvalue weighted by Crippen LogP contribution is 2.38. The third-order valence-corrected chi connectivity index (χ3v) is 4.89. The van der Waals surface area contributed by atoms with Gasteiger partial charge in [0.05, 0.1) is 11.6 Å². The summed E-state index contributed by atoms with van der Waals surface area (Å²) in [6, 6.07) is 12.1. The molecule has 140 valence electrons. The minimum Gasteiger partial charge on any atom is -0.507 e. The molecule has 1 aliphatic heterocycles. The second kappa shape index (κ2) is 6.65. The quantitative estimate of drug-likeness (QED) is 0.492. The molecule has 5 heteroatoms. The number of amides is 1. The topological polar surface area (TPSA) is 57.6 Å². The van der Waals surface area contributed by atoms with Crippen LogP contribution in [0.15, 0.2) is 54.1 Å². The first kappa shape index (κ1) is 18.8. The number of rotatable bonds is 2. The molecule has 4 nitrogen and oxygen atoms in total. The van der Waals surface area contributed by atoms with Crippen molar-refractivity contribution in [3.05, 3.63) is 76.6 Å². The molecule has 3 rings (SSSR count). The summed E-state index contributed by atoms with van der Waals surface area (Å²) in [5.74, 6) is -2.17. The highest BCUT2D eigenvalue weighted by atomic mass is 19.1. The standard InChI is InChI=1S/C22H22FNO3/c1-22(2,3)15-9-5-13(6-10-15)18-17(20(26)21(27)24(18)4)19(25)14-7-11-16(23)12-8-14/h5-12,18,25H,1-4H3/b19-17+. The Morgan fingerprint density at radius 1 is 1.00 bits per heavy atom. The Morgan fingerprint density at radius 3 is 2.07 bits per heavy atom. The van der Waals surface area contributed by atoms with Gasteiger partial charge >= 0.3 is 0 Å². The lowest BCUT2D eigenvalue weighted by Gasteiger charge is -2.23. The number of benzene rings is 2. The van der Waals surface area contributed by atoms with E-state index >= 15 is 0 Å². The van der Waals surface area contributed by atoms with Crippen molar-refractivity contribution in [1.29, 1.82) is 0 Å². The van der Waals surface area contributed by atoms with Crippen LogP contribution in [0.4, 0.5) is 4.39 Å². The van der Waals surface area contributed by atoms with Crippen molar-refractivity contribution in [2.24, 2.45) is 0 Å². The van der Waals surface area contributed by atoms with E-state index in [1.165, 1.54) is 36.2 Å². The minimum atomic E-state index is -0.746. The lowest BCUT2D eigenvalue weighted by molar-refractivity contribution is -0.139. The van der Waals surface area contributed by atoms with Gasteiger partial charge in [0.2, 0.25) is 0 Å². The van der Waals surface area contributed by atoms with E-state index in [1.807, 2.05) is 24.3 Å². The number of hydrogen-bond acceptors (Lipinski definition) is 3. The maximum absolute atomic E-state index is 13.2. The number of Topliss-reactive ketones (excluding diaryl/α,β-unsaturated/α-hetero) is 1. The first-order chi connectivity index (χ1) is 12.6. The minimum absolute atomic E-state index is 0.0117. The van der Waals surface area contributed by atoms with Crippen LogP contribution in [0.3, 0.4) is 0 Å². The summed E-state index contributed by atoms with van der Waals surface area (Å²) in [6.45, 7) is 6.30. The number of hydrogen-bond donors (Lipinski definition) is 1. The summed E-state index contributed by atoms with van der Waals surface area (Å²) < 4.78 is 13.2. The molecule has 1 N–H and O–H groups in total. The van der Waals surface area contributed by atoms with Crippen molar-refractivity contribution in [3.8, 4) is 0 Å². The molecule has 2 aromatic carbocycles. The zero-order valence-corrected chi connectivity index (χ0v) is 15.8. The van der Waals surface area contributed by atoms with Crippen molar-refractivity contribution in [1.82, 2.24) is 4.90 Å². The van der Waals surface area contributed by atoms with Gasteiger partial charge in [0.25, 0.3) is 11.7 Å². The van der Waals surface area contributed by atoms with Crippen LogP contribution in [-0.2, 0) is 15.0 Å². The molecule has 1 fully saturated rings. The molecule has 1 amide bonds. The molecule has 1 unspecified atom stereocenters. The van der Waals surface area contributed by atoms with Crippen LogP contribution in [0.25, 0.3) is 5.76 Å². The van der Waals surface area contributed by atoms with Gasteiger partial charge < -0.3 is 10.0 Å². The summed E-state index contributed by atoms with van der Waals surface area (Å²) in [6.07, 6.45) is 0. The van der Waals surface area contributed by atoms with Gasteiger partial charge in [-0.25, -0.2) is 4.39 Å². The van der Waals surface area contributed by atoms with Crippen LogP contribution < -0.4 is 0 Å². The molecule has 0 aromatic heterocycles. The normalized spacial score (nSPS) is 19.6. The second-order valence-electron chi connectivity index (χ2n) is 7.79. The Morgan fingerprint density at radius 2 is 1.56 bits per heavy atom. The number of likely N-dealkylation sites (N-methyl/N-ethyl adjacent to an activating group) is 1. The Labute approximate surface area is 157 Å². The number of nitrogens with zero attached hydrogens (tertiary/aromatic N) is 1. The molecule has 1 heterocycles. The van der Waals surface area contributed by atoms with Crippen molar-refractivity contribution in [2.45, 2.75) is 32.2 Å². The number of halogens is 1. The van der Waals surface area contributed by atoms with E-state index < -0.39 is 23.5 Å². The van der Waals surface area contributed by atoms with E-state index in [4.69, 9.17) is 0 Å². The van der Waals surface area contributed by atoms with Crippen molar-refractivity contribution < 1.29 is 19.1 Å². The fourth-order valence-corrected chi connectivity index (χ4v) is 3.27. The van der Waals surface area contributed by atoms with Crippen LogP contribution in [0, 0.1) is 5.82 Å². The van der Waals surface area contributed by atoms with E-state index in [1.54, 1.807) is 0 Å². The number of ketones is 1. The summed E-state index contributed by atoms with van der Waals surface area (Å²) in [5, 5.41) is 10.7. The summed E-state index contributed by atoms with van der Waals surface area (Å²) in [5.41, 5.74) is 2.13. The Bertz CT molecular complexity index is 922. The molecule has 0 radical (unpaired) electrons. The SMILES string of the molecule is CN1C(=O)C(=O)/C(=C(/O)c2ccc(F)cc2)C1c1ccc(C(C)(C)C)cc1. The lowest BCUT2D eigenvalue weighted by Crippen LogP contribution is -2.25. The molecule has 0 aliphatic carbocycles. The zero-order valence-electron chi connectivity index (χ0n) is 15.8. The maximum atomic E-state index is 13.2. The summed E-state index contributed by atoms with van der Waals surface area (Å²) in [4.78, 5) is 26.1. The first-order valence-corrected chi connectivity index (χ1v) is 8.72. The van der Waals surface area contributed by atoms with E-state index in [-0.39, 0.29) is 16.7 Å². The number of carbonyl (C=O) groups is 2. The Kier molecular flexibility index (Phi) is 4.64. The van der Waals surface area contributed by atoms with Crippen molar-refractivity contribution in [3.63, 3.8) is 0 Å². The van der Waals surface area contributed by atoms with Gasteiger partial charge in [0, 0.05) is 12.6 Å². The van der Waals surface area contributed by atoms with Crippen LogP contribution >= 0.6 is 0 Å². The van der Waals surface area contributed by atoms with Gasteiger partial charge in [-0.3, -0.25) is 9.59 Å². The molecule has 1 saturated heterocycles. The van der Waals surface area contributed by atoms with Gasteiger partial charge in [-0.2, -0.15) is 0 Å². The fourth-order valence-electron chi connectivity index (χ4n) is 3.27. The highest BCUT2D eigenvalue weighted by Gasteiger charge is 2.44. The molecule has 0 spiro atoms. The van der Waals surface area contributed by atoms with Gasteiger partial charge in [0.15, 0.2) is 0 Å². The predicted octanol–water partition coefficient (Wildman–Crippen LogP) is 4.17. The number of carbonyl (C=O) groups excluding carboxylic acids is 2. The Balaban J connectivity index is 2.11. The van der Waals surface area contributed by atoms with Gasteiger partial charge in [-0.05, 0) is 40.8 Å². The number of likely N-dealkylation sites (tertiary alicyclic amines) is 1. The van der Waals surface area contributed by atoms with Crippen LogP contribution in [0.2, 0.25) is 0 Å². The molecule has 2 aromatic rings. The molecule has 27 heavy (non-hydrogen) atoms. The first-order valence-electron chi connectivity index (χ1n) is 8.72. The molecule has 1 aliphatic rings. The number of aliphatic hydroxyl groups is 1. The summed E-state index contributed by atoms with van der Waals surface area (Å²) >= 11 is 0. The zero-order chi connectivity index (χ0) is 19.9. The van der Waals surface area contributed by atoms with E-state index in [0.29, 0.717) is 5.56 Å². The highest BCUT2D eigenvalue weighted by molar-refractivity contribution is 6.46. The van der Waals surface area contributed by atoms with Crippen LogP contribution in [0.1, 0.15) is 43.5 Å². The summed E-state index contributed by atoms with van der Waals surface area (Å²) in [7, 11) is 1.54. The Hall–Kier alpha value is -2.95.